The van der Waals surface area contributed by atoms with Gasteiger partial charge in [0.2, 0.25) is 0 Å². The number of benzene rings is 1. The number of ether oxygens (including phenoxy) is 1. The van der Waals surface area contributed by atoms with E-state index in [9.17, 15) is 4.79 Å². The van der Waals surface area contributed by atoms with Gasteiger partial charge in [-0.2, -0.15) is 0 Å². The first-order chi connectivity index (χ1) is 8.27. The van der Waals surface area contributed by atoms with E-state index in [1.807, 2.05) is 18.2 Å². The van der Waals surface area contributed by atoms with Crippen LogP contribution in [-0.4, -0.2) is 5.97 Å². The van der Waals surface area contributed by atoms with Gasteiger partial charge in [0.15, 0.2) is 0 Å². The normalized spacial score (nSPS) is 18.6. The van der Waals surface area contributed by atoms with Crippen LogP contribution < -0.4 is 0 Å². The summed E-state index contributed by atoms with van der Waals surface area (Å²) in [4.78, 5) is 11.2. The molecule has 1 aliphatic rings. The summed E-state index contributed by atoms with van der Waals surface area (Å²) in [5, 5.41) is 0. The molecule has 1 aromatic carbocycles. The molecular weight excluding hydrogens is 212 g/mol. The van der Waals surface area contributed by atoms with E-state index in [-0.39, 0.29) is 12.1 Å². The summed E-state index contributed by atoms with van der Waals surface area (Å²) < 4.78 is 5.54. The van der Waals surface area contributed by atoms with Crippen LogP contribution >= 0.6 is 0 Å². The highest BCUT2D eigenvalue weighted by Crippen LogP contribution is 2.36. The SMILES string of the molecule is CC(=O)OC(c1ccccc1)C1CCCCC1. The molecule has 0 aliphatic heterocycles. The molecule has 0 spiro atoms. The summed E-state index contributed by atoms with van der Waals surface area (Å²) in [6, 6.07) is 10.1. The average Bonchev–Trinajstić information content (AvgIpc) is 2.38. The smallest absolute Gasteiger partial charge is 0.303 e. The maximum absolute atomic E-state index is 11.2. The van der Waals surface area contributed by atoms with Crippen molar-refractivity contribution < 1.29 is 9.53 Å². The zero-order valence-electron chi connectivity index (χ0n) is 10.4. The van der Waals surface area contributed by atoms with Crippen molar-refractivity contribution in [3.8, 4) is 0 Å². The van der Waals surface area contributed by atoms with Crippen LogP contribution in [0.2, 0.25) is 0 Å². The summed E-state index contributed by atoms with van der Waals surface area (Å²) in [5.74, 6) is 0.319. The fourth-order valence-corrected chi connectivity index (χ4v) is 2.69. The second-order valence-corrected chi connectivity index (χ2v) is 4.84. The van der Waals surface area contributed by atoms with E-state index in [2.05, 4.69) is 12.1 Å². The Balaban J connectivity index is 2.15. The van der Waals surface area contributed by atoms with E-state index in [4.69, 9.17) is 4.74 Å². The van der Waals surface area contributed by atoms with Crippen molar-refractivity contribution in [1.29, 1.82) is 0 Å². The fraction of sp³-hybridized carbons (Fsp3) is 0.533. The lowest BCUT2D eigenvalue weighted by molar-refractivity contribution is -0.150. The highest BCUT2D eigenvalue weighted by Gasteiger charge is 2.27. The lowest BCUT2D eigenvalue weighted by Crippen LogP contribution is -2.20. The largest absolute Gasteiger partial charge is 0.457 e. The summed E-state index contributed by atoms with van der Waals surface area (Å²) in [7, 11) is 0. The van der Waals surface area contributed by atoms with E-state index in [0.29, 0.717) is 5.92 Å². The quantitative estimate of drug-likeness (QED) is 0.739. The van der Waals surface area contributed by atoms with E-state index < -0.39 is 0 Å². The van der Waals surface area contributed by atoms with E-state index >= 15 is 0 Å². The molecule has 17 heavy (non-hydrogen) atoms. The molecule has 92 valence electrons. The Morgan fingerprint density at radius 1 is 1.18 bits per heavy atom. The minimum atomic E-state index is -0.176. The first-order valence-electron chi connectivity index (χ1n) is 6.49. The number of hydrogen-bond acceptors (Lipinski definition) is 2. The third kappa shape index (κ3) is 3.32. The van der Waals surface area contributed by atoms with Crippen molar-refractivity contribution in [2.75, 3.05) is 0 Å². The Hall–Kier alpha value is -1.31. The van der Waals surface area contributed by atoms with Gasteiger partial charge in [-0.25, -0.2) is 0 Å². The second kappa shape index (κ2) is 5.85. The molecule has 0 bridgehead atoms. The number of hydrogen-bond donors (Lipinski definition) is 0. The molecule has 2 nitrogen and oxygen atoms in total. The first-order valence-corrected chi connectivity index (χ1v) is 6.49. The van der Waals surface area contributed by atoms with Gasteiger partial charge in [-0.1, -0.05) is 49.6 Å². The maximum atomic E-state index is 11.2. The van der Waals surface area contributed by atoms with Crippen LogP contribution in [0, 0.1) is 5.92 Å². The van der Waals surface area contributed by atoms with Crippen molar-refractivity contribution in [1.82, 2.24) is 0 Å². The molecule has 0 amide bonds. The topological polar surface area (TPSA) is 26.3 Å². The van der Waals surface area contributed by atoms with Gasteiger partial charge < -0.3 is 4.74 Å². The van der Waals surface area contributed by atoms with Crippen molar-refractivity contribution in [2.24, 2.45) is 5.92 Å². The molecule has 0 saturated heterocycles. The number of carbonyl (C=O) groups is 1. The minimum absolute atomic E-state index is 0.0472. The van der Waals surface area contributed by atoms with Gasteiger partial charge in [0.25, 0.3) is 0 Å². The molecule has 1 saturated carbocycles. The van der Waals surface area contributed by atoms with Crippen molar-refractivity contribution in [3.63, 3.8) is 0 Å². The molecular formula is C15H20O2. The molecule has 0 aromatic heterocycles. The lowest BCUT2D eigenvalue weighted by atomic mass is 9.82. The molecule has 2 heteroatoms. The molecule has 1 unspecified atom stereocenters. The average molecular weight is 232 g/mol. The Morgan fingerprint density at radius 3 is 2.41 bits per heavy atom. The summed E-state index contributed by atoms with van der Waals surface area (Å²) in [6.45, 7) is 1.50. The van der Waals surface area contributed by atoms with Gasteiger partial charge in [-0.3, -0.25) is 4.79 Å². The van der Waals surface area contributed by atoms with Crippen LogP contribution in [0.25, 0.3) is 0 Å². The van der Waals surface area contributed by atoms with Crippen LogP contribution in [0.15, 0.2) is 30.3 Å². The molecule has 2 rings (SSSR count). The van der Waals surface area contributed by atoms with Crippen molar-refractivity contribution in [3.05, 3.63) is 35.9 Å². The van der Waals surface area contributed by atoms with Crippen LogP contribution in [-0.2, 0) is 9.53 Å². The third-order valence-corrected chi connectivity index (χ3v) is 3.50. The predicted molar refractivity (Wildman–Crippen MR) is 67.5 cm³/mol. The third-order valence-electron chi connectivity index (χ3n) is 3.50. The highest BCUT2D eigenvalue weighted by atomic mass is 16.5. The Bertz CT molecular complexity index is 352. The molecule has 1 aliphatic carbocycles. The van der Waals surface area contributed by atoms with Crippen molar-refractivity contribution in [2.45, 2.75) is 45.1 Å². The lowest BCUT2D eigenvalue weighted by Gasteiger charge is -2.30. The van der Waals surface area contributed by atoms with Crippen molar-refractivity contribution >= 4 is 5.97 Å². The number of esters is 1. The zero-order valence-corrected chi connectivity index (χ0v) is 10.4. The molecule has 0 N–H and O–H groups in total. The van der Waals surface area contributed by atoms with Gasteiger partial charge in [-0.05, 0) is 18.4 Å². The zero-order chi connectivity index (χ0) is 12.1. The fourth-order valence-electron chi connectivity index (χ4n) is 2.69. The molecule has 1 aromatic rings. The van der Waals surface area contributed by atoms with Gasteiger partial charge in [0, 0.05) is 12.8 Å². The molecule has 1 fully saturated rings. The van der Waals surface area contributed by atoms with Gasteiger partial charge in [-0.15, -0.1) is 0 Å². The summed E-state index contributed by atoms with van der Waals surface area (Å²) in [6.07, 6.45) is 6.14. The van der Waals surface area contributed by atoms with Crippen LogP contribution in [0.3, 0.4) is 0 Å². The van der Waals surface area contributed by atoms with Gasteiger partial charge in [0.1, 0.15) is 6.10 Å². The molecule has 1 atom stereocenters. The first kappa shape index (κ1) is 12.2. The summed E-state index contributed by atoms with van der Waals surface area (Å²) >= 11 is 0. The van der Waals surface area contributed by atoms with E-state index in [1.54, 1.807) is 0 Å². The second-order valence-electron chi connectivity index (χ2n) is 4.84. The Labute approximate surface area is 103 Å². The van der Waals surface area contributed by atoms with Crippen LogP contribution in [0.1, 0.15) is 50.7 Å². The van der Waals surface area contributed by atoms with E-state index in [1.165, 1.54) is 39.0 Å². The summed E-state index contributed by atoms with van der Waals surface area (Å²) in [5.41, 5.74) is 1.13. The molecule has 0 heterocycles. The van der Waals surface area contributed by atoms with Crippen LogP contribution in [0.4, 0.5) is 0 Å². The monoisotopic (exact) mass is 232 g/mol. The standard InChI is InChI=1S/C15H20O2/c1-12(16)17-15(13-8-4-2-5-9-13)14-10-6-3-7-11-14/h2,4-5,8-9,14-15H,3,6-7,10-11H2,1H3. The minimum Gasteiger partial charge on any atom is -0.457 e. The number of carbonyl (C=O) groups excluding carboxylic acids is 1. The van der Waals surface area contributed by atoms with Crippen LogP contribution in [0.5, 0.6) is 0 Å². The van der Waals surface area contributed by atoms with Gasteiger partial charge in [0.05, 0.1) is 0 Å². The van der Waals surface area contributed by atoms with E-state index in [0.717, 1.165) is 5.56 Å². The predicted octanol–water partition coefficient (Wildman–Crippen LogP) is 3.87. The molecule has 0 radical (unpaired) electrons. The number of rotatable bonds is 3. The Kier molecular flexibility index (Phi) is 4.18. The van der Waals surface area contributed by atoms with Gasteiger partial charge >= 0.3 is 5.97 Å². The Morgan fingerprint density at radius 2 is 1.82 bits per heavy atom. The maximum Gasteiger partial charge on any atom is 0.303 e. The highest BCUT2D eigenvalue weighted by molar-refractivity contribution is 5.66.